The molecule has 0 radical (unpaired) electrons. The smallest absolute Gasteiger partial charge is 0.291 e. The summed E-state index contributed by atoms with van der Waals surface area (Å²) < 4.78 is 16.6. The van der Waals surface area contributed by atoms with E-state index in [1.807, 2.05) is 23.6 Å². The lowest BCUT2D eigenvalue weighted by Crippen LogP contribution is -2.32. The van der Waals surface area contributed by atoms with Gasteiger partial charge < -0.3 is 4.90 Å². The molecule has 162 valence electrons. The van der Waals surface area contributed by atoms with Crippen LogP contribution in [0.5, 0.6) is 0 Å². The lowest BCUT2D eigenvalue weighted by molar-refractivity contribution is -0.113. The third-order valence-electron chi connectivity index (χ3n) is 5.39. The van der Waals surface area contributed by atoms with Gasteiger partial charge in [-0.05, 0) is 35.7 Å². The lowest BCUT2D eigenvalue weighted by atomic mass is 10.1. The number of benzene rings is 2. The molecule has 0 saturated carbocycles. The quantitative estimate of drug-likeness (QED) is 0.344. The van der Waals surface area contributed by atoms with Crippen LogP contribution in [0, 0.1) is 5.82 Å². The molecule has 2 aromatic carbocycles. The summed E-state index contributed by atoms with van der Waals surface area (Å²) in [4.78, 5) is 34.1. The van der Waals surface area contributed by atoms with Crippen molar-refractivity contribution in [3.63, 3.8) is 0 Å². The molecule has 0 aliphatic carbocycles. The van der Waals surface area contributed by atoms with Crippen molar-refractivity contribution in [1.82, 2.24) is 14.6 Å². The van der Waals surface area contributed by atoms with Crippen molar-refractivity contribution in [2.75, 3.05) is 4.90 Å². The van der Waals surface area contributed by atoms with Crippen molar-refractivity contribution in [2.24, 2.45) is 0 Å². The number of nitrogens with zero attached hydrogens (tertiary/aromatic N) is 4. The van der Waals surface area contributed by atoms with Crippen LogP contribution in [0.3, 0.4) is 0 Å². The average Bonchev–Trinajstić information content (AvgIpc) is 3.56. The zero-order chi connectivity index (χ0) is 22.7. The molecule has 5 aromatic rings. The highest BCUT2D eigenvalue weighted by atomic mass is 79.9. The number of carbonyl (C=O) groups excluding carboxylic acids is 1. The van der Waals surface area contributed by atoms with Crippen LogP contribution >= 0.6 is 38.6 Å². The first-order valence-corrected chi connectivity index (χ1v) is 12.3. The number of hydrogen-bond donors (Lipinski definition) is 0. The largest absolute Gasteiger partial charge is 0.303 e. The summed E-state index contributed by atoms with van der Waals surface area (Å²) in [5.41, 5.74) is 1.52. The van der Waals surface area contributed by atoms with E-state index >= 15 is 0 Å². The highest BCUT2D eigenvalue weighted by molar-refractivity contribution is 9.10. The number of thiophene rings is 1. The predicted octanol–water partition coefficient (Wildman–Crippen LogP) is 4.25. The van der Waals surface area contributed by atoms with Gasteiger partial charge in [-0.15, -0.1) is 16.4 Å². The van der Waals surface area contributed by atoms with Crippen LogP contribution in [-0.2, 0) is 11.3 Å². The van der Waals surface area contributed by atoms with E-state index in [1.165, 1.54) is 26.8 Å². The van der Waals surface area contributed by atoms with Crippen molar-refractivity contribution in [3.05, 3.63) is 96.3 Å². The number of fused-ring (bicyclic) bond motifs is 2. The summed E-state index contributed by atoms with van der Waals surface area (Å²) in [5.74, 6) is -0.264. The van der Waals surface area contributed by atoms with Gasteiger partial charge in [-0.2, -0.15) is 9.50 Å². The number of thiazole rings is 1. The SMILES string of the molecule is O=C1/C(=c2\sc3nc(-c4cccs4)nn3c2=O)c2cc(Br)ccc2N1Cc1ccccc1F. The van der Waals surface area contributed by atoms with Crippen LogP contribution in [0.25, 0.3) is 21.2 Å². The first-order valence-electron chi connectivity index (χ1n) is 9.84. The van der Waals surface area contributed by atoms with Crippen LogP contribution in [0.1, 0.15) is 11.1 Å². The van der Waals surface area contributed by atoms with Crippen LogP contribution in [0.2, 0.25) is 0 Å². The first-order chi connectivity index (χ1) is 16.0. The molecule has 0 atom stereocenters. The number of anilines is 1. The predicted molar refractivity (Wildman–Crippen MR) is 130 cm³/mol. The van der Waals surface area contributed by atoms with E-state index in [4.69, 9.17) is 0 Å². The van der Waals surface area contributed by atoms with Crippen molar-refractivity contribution in [3.8, 4) is 10.7 Å². The molecular weight excluding hydrogens is 527 g/mol. The lowest BCUT2D eigenvalue weighted by Gasteiger charge is -2.17. The Morgan fingerprint density at radius 3 is 2.67 bits per heavy atom. The summed E-state index contributed by atoms with van der Waals surface area (Å²) in [7, 11) is 0. The molecule has 0 bridgehead atoms. The highest BCUT2D eigenvalue weighted by Crippen LogP contribution is 2.38. The van der Waals surface area contributed by atoms with Gasteiger partial charge in [-0.1, -0.05) is 51.5 Å². The molecule has 0 unspecified atom stereocenters. The Kier molecular flexibility index (Phi) is 4.75. The fourth-order valence-electron chi connectivity index (χ4n) is 3.87. The Morgan fingerprint density at radius 1 is 1.06 bits per heavy atom. The van der Waals surface area contributed by atoms with E-state index in [9.17, 15) is 14.0 Å². The van der Waals surface area contributed by atoms with Gasteiger partial charge in [0.05, 0.1) is 22.7 Å². The standard InChI is InChI=1S/C23H12BrFN4O2S2/c24-13-7-8-16-14(10-13)18(21(30)28(16)11-12-4-1-2-5-15(12)25)19-22(31)29-23(33-19)26-20(27-29)17-6-3-9-32-17/h1-10H,11H2/b19-18-. The van der Waals surface area contributed by atoms with E-state index in [0.29, 0.717) is 27.6 Å². The van der Waals surface area contributed by atoms with Gasteiger partial charge in [0, 0.05) is 15.6 Å². The Balaban J connectivity index is 1.54. The van der Waals surface area contributed by atoms with Gasteiger partial charge in [-0.25, -0.2) is 4.39 Å². The highest BCUT2D eigenvalue weighted by Gasteiger charge is 2.35. The minimum absolute atomic E-state index is 0.0567. The normalized spacial score (nSPS) is 15.0. The number of carbonyl (C=O) groups is 1. The minimum atomic E-state index is -0.396. The fraction of sp³-hybridized carbons (Fsp3) is 0.0435. The number of halogens is 2. The Hall–Kier alpha value is -3.21. The average molecular weight is 539 g/mol. The summed E-state index contributed by atoms with van der Waals surface area (Å²) in [6.07, 6.45) is 0. The molecule has 0 spiro atoms. The number of amides is 1. The van der Waals surface area contributed by atoms with E-state index in [0.717, 1.165) is 20.7 Å². The van der Waals surface area contributed by atoms with Gasteiger partial charge in [0.2, 0.25) is 4.96 Å². The van der Waals surface area contributed by atoms with Gasteiger partial charge in [-0.3, -0.25) is 9.59 Å². The topological polar surface area (TPSA) is 67.6 Å². The molecule has 6 rings (SSSR count). The van der Waals surface area contributed by atoms with Crippen molar-refractivity contribution in [2.45, 2.75) is 6.54 Å². The molecule has 4 heterocycles. The Morgan fingerprint density at radius 2 is 1.91 bits per heavy atom. The summed E-state index contributed by atoms with van der Waals surface area (Å²) in [5, 5.41) is 6.28. The first kappa shape index (κ1) is 20.4. The molecule has 1 aliphatic heterocycles. The van der Waals surface area contributed by atoms with Gasteiger partial charge in [0.15, 0.2) is 5.82 Å². The minimum Gasteiger partial charge on any atom is -0.303 e. The summed E-state index contributed by atoms with van der Waals surface area (Å²) in [6.45, 7) is 0.0567. The van der Waals surface area contributed by atoms with Crippen LogP contribution in [0.4, 0.5) is 10.1 Å². The zero-order valence-electron chi connectivity index (χ0n) is 16.7. The van der Waals surface area contributed by atoms with Crippen molar-refractivity contribution in [1.29, 1.82) is 0 Å². The molecule has 0 saturated heterocycles. The van der Waals surface area contributed by atoms with E-state index in [1.54, 1.807) is 30.3 Å². The van der Waals surface area contributed by atoms with E-state index in [-0.39, 0.29) is 28.4 Å². The molecule has 1 amide bonds. The van der Waals surface area contributed by atoms with Gasteiger partial charge in [0.1, 0.15) is 10.3 Å². The van der Waals surface area contributed by atoms with Gasteiger partial charge >= 0.3 is 0 Å². The van der Waals surface area contributed by atoms with E-state index < -0.39 is 5.56 Å². The molecule has 0 N–H and O–H groups in total. The van der Waals surface area contributed by atoms with E-state index in [2.05, 4.69) is 26.0 Å². The maximum Gasteiger partial charge on any atom is 0.291 e. The zero-order valence-corrected chi connectivity index (χ0v) is 19.9. The molecule has 3 aromatic heterocycles. The molecule has 1 aliphatic rings. The second-order valence-electron chi connectivity index (χ2n) is 7.36. The Bertz CT molecular complexity index is 1680. The molecular formula is C23H12BrFN4O2S2. The molecule has 0 fully saturated rings. The fourth-order valence-corrected chi connectivity index (χ4v) is 5.88. The maximum atomic E-state index is 14.3. The number of rotatable bonds is 3. The number of aromatic nitrogens is 3. The van der Waals surface area contributed by atoms with Crippen LogP contribution < -0.4 is 15.0 Å². The van der Waals surface area contributed by atoms with Gasteiger partial charge in [0.25, 0.3) is 11.5 Å². The van der Waals surface area contributed by atoms with Crippen LogP contribution in [0.15, 0.2) is 69.2 Å². The third-order valence-corrected chi connectivity index (χ3v) is 7.78. The maximum absolute atomic E-state index is 14.3. The second kappa shape index (κ2) is 7.68. The Labute approximate surface area is 202 Å². The second-order valence-corrected chi connectivity index (χ2v) is 10.2. The van der Waals surface area contributed by atoms with Crippen molar-refractivity contribution < 1.29 is 9.18 Å². The molecule has 10 heteroatoms. The number of hydrogen-bond acceptors (Lipinski definition) is 6. The summed E-state index contributed by atoms with van der Waals surface area (Å²) in [6, 6.07) is 15.5. The van der Waals surface area contributed by atoms with Crippen LogP contribution in [-0.4, -0.2) is 20.5 Å². The molecule has 6 nitrogen and oxygen atoms in total. The monoisotopic (exact) mass is 538 g/mol. The molecule has 33 heavy (non-hydrogen) atoms. The third kappa shape index (κ3) is 3.25. The summed E-state index contributed by atoms with van der Waals surface area (Å²) >= 11 is 6.07. The van der Waals surface area contributed by atoms with Crippen molar-refractivity contribution >= 4 is 60.7 Å².